The first-order chi connectivity index (χ1) is 7.60. The van der Waals surface area contributed by atoms with Gasteiger partial charge in [0.1, 0.15) is 0 Å². The van der Waals surface area contributed by atoms with Crippen LogP contribution in [0, 0.1) is 0 Å². The largest absolute Gasteiger partial charge is 0.366 e. The maximum atomic E-state index is 5.85. The number of hydrogen-bond donors (Lipinski definition) is 0. The fraction of sp³-hybridized carbons (Fsp3) is 0.733. The highest BCUT2D eigenvalue weighted by Gasteiger charge is 2.50. The van der Waals surface area contributed by atoms with E-state index in [9.17, 15) is 0 Å². The molecule has 1 aliphatic carbocycles. The topological polar surface area (TPSA) is 12.5 Å². The molecule has 2 aliphatic rings. The molecule has 1 aliphatic heterocycles. The average molecular weight is 220 g/mol. The van der Waals surface area contributed by atoms with E-state index < -0.39 is 0 Å². The average Bonchev–Trinajstić information content (AvgIpc) is 2.85. The maximum Gasteiger partial charge on any atom is 0.0923 e. The van der Waals surface area contributed by atoms with Crippen LogP contribution in [-0.4, -0.2) is 11.7 Å². The van der Waals surface area contributed by atoms with Crippen LogP contribution in [0.4, 0.5) is 0 Å². The zero-order valence-corrected chi connectivity index (χ0v) is 10.9. The van der Waals surface area contributed by atoms with Crippen molar-refractivity contribution in [3.05, 3.63) is 23.3 Å². The first kappa shape index (κ1) is 11.9. The molecule has 16 heavy (non-hydrogen) atoms. The quantitative estimate of drug-likeness (QED) is 0.435. The van der Waals surface area contributed by atoms with Crippen molar-refractivity contribution in [2.24, 2.45) is 0 Å². The van der Waals surface area contributed by atoms with Crippen LogP contribution in [0.15, 0.2) is 23.3 Å². The Bertz CT molecular complexity index is 313. The Morgan fingerprint density at radius 1 is 1.12 bits per heavy atom. The van der Waals surface area contributed by atoms with Gasteiger partial charge in [0, 0.05) is 0 Å². The van der Waals surface area contributed by atoms with Gasteiger partial charge in [-0.2, -0.15) is 0 Å². The lowest BCUT2D eigenvalue weighted by atomic mass is 9.95. The van der Waals surface area contributed by atoms with E-state index in [0.29, 0.717) is 6.10 Å². The molecule has 0 aromatic carbocycles. The van der Waals surface area contributed by atoms with Crippen molar-refractivity contribution >= 4 is 0 Å². The zero-order chi connectivity index (χ0) is 11.6. The lowest BCUT2D eigenvalue weighted by Gasteiger charge is -2.07. The van der Waals surface area contributed by atoms with Gasteiger partial charge >= 0.3 is 0 Å². The van der Waals surface area contributed by atoms with Crippen LogP contribution < -0.4 is 0 Å². The van der Waals surface area contributed by atoms with Crippen molar-refractivity contribution in [3.63, 3.8) is 0 Å². The first-order valence-corrected chi connectivity index (χ1v) is 6.59. The van der Waals surface area contributed by atoms with Crippen molar-refractivity contribution in [1.82, 2.24) is 0 Å². The summed E-state index contributed by atoms with van der Waals surface area (Å²) in [6.45, 7) is 6.78. The Morgan fingerprint density at radius 2 is 1.81 bits per heavy atom. The monoisotopic (exact) mass is 220 g/mol. The highest BCUT2D eigenvalue weighted by molar-refractivity contribution is 5.09. The Kier molecular flexibility index (Phi) is 3.53. The minimum Gasteiger partial charge on any atom is -0.366 e. The molecule has 0 N–H and O–H groups in total. The Morgan fingerprint density at radius 3 is 2.62 bits per heavy atom. The summed E-state index contributed by atoms with van der Waals surface area (Å²) in [7, 11) is 0. The fourth-order valence-corrected chi connectivity index (χ4v) is 2.59. The van der Waals surface area contributed by atoms with E-state index in [1.807, 2.05) is 0 Å². The van der Waals surface area contributed by atoms with Crippen LogP contribution in [-0.2, 0) is 4.74 Å². The molecule has 0 aromatic rings. The van der Waals surface area contributed by atoms with Gasteiger partial charge in [-0.1, -0.05) is 23.3 Å². The van der Waals surface area contributed by atoms with Gasteiger partial charge in [-0.3, -0.25) is 0 Å². The fourth-order valence-electron chi connectivity index (χ4n) is 2.59. The minimum atomic E-state index is 0.191. The van der Waals surface area contributed by atoms with Crippen LogP contribution in [0.5, 0.6) is 0 Å². The Labute approximate surface area is 99.6 Å². The molecule has 0 amide bonds. The van der Waals surface area contributed by atoms with Crippen LogP contribution in [0.2, 0.25) is 0 Å². The second kappa shape index (κ2) is 4.75. The van der Waals surface area contributed by atoms with E-state index in [1.165, 1.54) is 49.7 Å². The highest BCUT2D eigenvalue weighted by Crippen LogP contribution is 2.43. The second-order valence-electron chi connectivity index (χ2n) is 5.64. The van der Waals surface area contributed by atoms with Gasteiger partial charge in [-0.25, -0.2) is 0 Å². The number of allylic oxidation sites excluding steroid dienone is 4. The van der Waals surface area contributed by atoms with Crippen molar-refractivity contribution in [2.45, 2.75) is 71.0 Å². The van der Waals surface area contributed by atoms with Gasteiger partial charge in [0.15, 0.2) is 0 Å². The van der Waals surface area contributed by atoms with Crippen molar-refractivity contribution in [3.8, 4) is 0 Å². The number of epoxide rings is 1. The van der Waals surface area contributed by atoms with E-state index in [0.717, 1.165) is 0 Å². The van der Waals surface area contributed by atoms with Crippen molar-refractivity contribution in [2.75, 3.05) is 0 Å². The zero-order valence-electron chi connectivity index (χ0n) is 10.9. The summed E-state index contributed by atoms with van der Waals surface area (Å²) >= 11 is 0. The third-order valence-electron chi connectivity index (χ3n) is 4.00. The molecule has 2 unspecified atom stereocenters. The van der Waals surface area contributed by atoms with Gasteiger partial charge in [0.25, 0.3) is 0 Å². The summed E-state index contributed by atoms with van der Waals surface area (Å²) in [5, 5.41) is 0. The molecule has 1 heterocycles. The standard InChI is InChI=1S/C15H24O/c1-12-6-4-7-13(2)9-10-14-15(3,16-14)11-5-8-12/h7-8,14H,4-6,9-11H2,1-3H3/b12-8-,13-7?. The van der Waals surface area contributed by atoms with Crippen LogP contribution >= 0.6 is 0 Å². The molecule has 1 fully saturated rings. The third kappa shape index (κ3) is 2.98. The van der Waals surface area contributed by atoms with E-state index in [2.05, 4.69) is 32.9 Å². The molecular formula is C15H24O. The van der Waals surface area contributed by atoms with E-state index in [1.54, 1.807) is 0 Å². The first-order valence-electron chi connectivity index (χ1n) is 6.59. The molecule has 2 atom stereocenters. The number of hydrogen-bond acceptors (Lipinski definition) is 1. The summed E-state index contributed by atoms with van der Waals surface area (Å²) in [4.78, 5) is 0. The van der Waals surface area contributed by atoms with Gasteiger partial charge in [-0.05, 0) is 59.3 Å². The predicted octanol–water partition coefficient (Wildman–Crippen LogP) is 4.39. The molecule has 1 heteroatoms. The third-order valence-corrected chi connectivity index (χ3v) is 4.00. The summed E-state index contributed by atoms with van der Waals surface area (Å²) in [5.74, 6) is 0. The van der Waals surface area contributed by atoms with Crippen molar-refractivity contribution < 1.29 is 4.74 Å². The molecule has 0 saturated carbocycles. The molecule has 1 nitrogen and oxygen atoms in total. The second-order valence-corrected chi connectivity index (χ2v) is 5.64. The summed E-state index contributed by atoms with van der Waals surface area (Å²) in [6.07, 6.45) is 12.5. The smallest absolute Gasteiger partial charge is 0.0923 e. The minimum absolute atomic E-state index is 0.191. The number of fused-ring (bicyclic) bond motifs is 1. The van der Waals surface area contributed by atoms with Gasteiger partial charge in [-0.15, -0.1) is 0 Å². The molecule has 0 bridgehead atoms. The van der Waals surface area contributed by atoms with E-state index >= 15 is 0 Å². The summed E-state index contributed by atoms with van der Waals surface area (Å²) in [5.41, 5.74) is 3.26. The molecular weight excluding hydrogens is 196 g/mol. The van der Waals surface area contributed by atoms with Crippen LogP contribution in [0.25, 0.3) is 0 Å². The van der Waals surface area contributed by atoms with Crippen LogP contribution in [0.3, 0.4) is 0 Å². The predicted molar refractivity (Wildman–Crippen MR) is 68.5 cm³/mol. The summed E-state index contributed by atoms with van der Waals surface area (Å²) < 4.78 is 5.85. The molecule has 1 saturated heterocycles. The lowest BCUT2D eigenvalue weighted by Crippen LogP contribution is -2.09. The van der Waals surface area contributed by atoms with Gasteiger partial charge < -0.3 is 4.74 Å². The lowest BCUT2D eigenvalue weighted by molar-refractivity contribution is 0.295. The summed E-state index contributed by atoms with van der Waals surface area (Å²) in [6, 6.07) is 0. The van der Waals surface area contributed by atoms with Gasteiger partial charge in [0.2, 0.25) is 0 Å². The molecule has 0 aromatic heterocycles. The molecule has 2 rings (SSSR count). The molecule has 0 radical (unpaired) electrons. The van der Waals surface area contributed by atoms with E-state index in [4.69, 9.17) is 4.74 Å². The Balaban J connectivity index is 1.99. The maximum absolute atomic E-state index is 5.85. The number of ether oxygens (including phenoxy) is 1. The van der Waals surface area contributed by atoms with E-state index in [-0.39, 0.29) is 5.60 Å². The van der Waals surface area contributed by atoms with Crippen LogP contribution in [0.1, 0.15) is 59.3 Å². The molecule has 90 valence electrons. The Hall–Kier alpha value is -0.560. The van der Waals surface area contributed by atoms with Crippen molar-refractivity contribution in [1.29, 1.82) is 0 Å². The normalized spacial score (nSPS) is 39.6. The number of rotatable bonds is 0. The molecule has 0 spiro atoms. The van der Waals surface area contributed by atoms with Gasteiger partial charge in [0.05, 0.1) is 11.7 Å². The highest BCUT2D eigenvalue weighted by atomic mass is 16.6. The SMILES string of the molecule is CC1=CCC/C(C)=C\CCC2(C)OC2CC1.